The number of carbonyl (C=O) groups is 2. The Kier molecular flexibility index (Phi) is 13.7. The first-order valence-corrected chi connectivity index (χ1v) is 14.5. The first kappa shape index (κ1) is 31.7. The summed E-state index contributed by atoms with van der Waals surface area (Å²) >= 11 is 1.86. The molecule has 2 aromatic rings. The minimum atomic E-state index is -4.21. The highest BCUT2D eigenvalue weighted by Gasteiger charge is 2.35. The Hall–Kier alpha value is -2.52. The van der Waals surface area contributed by atoms with Crippen LogP contribution in [0.5, 0.6) is 0 Å². The number of thioether (sulfide) groups is 1. The summed E-state index contributed by atoms with van der Waals surface area (Å²) in [5.74, 6) is 2.15. The Morgan fingerprint density at radius 1 is 1.00 bits per heavy atom. The molecule has 1 saturated carbocycles. The molecule has 0 aromatic heterocycles. The van der Waals surface area contributed by atoms with Crippen LogP contribution in [0.15, 0.2) is 54.6 Å². The maximum atomic E-state index is 12.2. The number of nitrogens with zero attached hydrogens (tertiary/aromatic N) is 1. The minimum absolute atomic E-state index is 0.0129. The number of carbonyl (C=O) groups excluding carboxylic acids is 2. The second-order valence-corrected chi connectivity index (χ2v) is 10.5. The predicted octanol–water partition coefficient (Wildman–Crippen LogP) is 5.83. The van der Waals surface area contributed by atoms with Gasteiger partial charge >= 0.3 is 6.18 Å². The third-order valence-corrected chi connectivity index (χ3v) is 7.09. The highest BCUT2D eigenvalue weighted by Crippen LogP contribution is 2.47. The number of piperidine rings is 1. The van der Waals surface area contributed by atoms with Gasteiger partial charge in [-0.2, -0.15) is 24.9 Å². The zero-order chi connectivity index (χ0) is 28.0. The molecule has 2 amide bonds. The highest BCUT2D eigenvalue weighted by molar-refractivity contribution is 7.98. The van der Waals surface area contributed by atoms with Crippen molar-refractivity contribution in [3.63, 3.8) is 0 Å². The molecule has 4 rings (SSSR count). The van der Waals surface area contributed by atoms with Crippen LogP contribution in [0.3, 0.4) is 0 Å². The summed E-state index contributed by atoms with van der Waals surface area (Å²) in [6, 6.07) is 14.5. The maximum absolute atomic E-state index is 12.2. The van der Waals surface area contributed by atoms with E-state index >= 15 is 0 Å². The zero-order valence-corrected chi connectivity index (χ0v) is 23.3. The van der Waals surface area contributed by atoms with Crippen molar-refractivity contribution in [1.29, 1.82) is 0 Å². The number of benzene rings is 2. The monoisotopic (exact) mass is 551 g/mol. The van der Waals surface area contributed by atoms with E-state index < -0.39 is 11.7 Å². The van der Waals surface area contributed by atoms with E-state index in [2.05, 4.69) is 23.8 Å². The Labute approximate surface area is 228 Å². The summed E-state index contributed by atoms with van der Waals surface area (Å²) in [6.07, 6.45) is 2.33. The van der Waals surface area contributed by atoms with Crippen LogP contribution in [0.25, 0.3) is 0 Å². The minimum Gasteiger partial charge on any atom is -0.343 e. The van der Waals surface area contributed by atoms with Gasteiger partial charge in [-0.25, -0.2) is 0 Å². The van der Waals surface area contributed by atoms with E-state index in [-0.39, 0.29) is 18.4 Å². The molecular formula is C29H40F3N3O2S. The fourth-order valence-electron chi connectivity index (χ4n) is 4.01. The van der Waals surface area contributed by atoms with Crippen molar-refractivity contribution in [3.05, 3.63) is 71.3 Å². The zero-order valence-electron chi connectivity index (χ0n) is 22.5. The molecule has 2 unspecified atom stereocenters. The number of alkyl halides is 3. The molecule has 9 heteroatoms. The van der Waals surface area contributed by atoms with Crippen LogP contribution >= 0.6 is 11.8 Å². The summed E-state index contributed by atoms with van der Waals surface area (Å²) in [5, 5.41) is 5.71. The smallest absolute Gasteiger partial charge is 0.343 e. The maximum Gasteiger partial charge on any atom is 0.416 e. The number of hydrogen-bond donors (Lipinski definition) is 2. The van der Waals surface area contributed by atoms with Gasteiger partial charge in [-0.1, -0.05) is 37.3 Å². The molecule has 1 heterocycles. The van der Waals surface area contributed by atoms with Gasteiger partial charge in [-0.15, -0.1) is 0 Å². The van der Waals surface area contributed by atoms with Gasteiger partial charge in [0.2, 0.25) is 5.91 Å². The van der Waals surface area contributed by atoms with Crippen LogP contribution in [0, 0.1) is 5.92 Å². The van der Waals surface area contributed by atoms with E-state index in [0.29, 0.717) is 17.4 Å². The lowest BCUT2D eigenvalue weighted by atomic mass is 10.1. The van der Waals surface area contributed by atoms with E-state index in [9.17, 15) is 22.8 Å². The van der Waals surface area contributed by atoms with Crippen molar-refractivity contribution in [1.82, 2.24) is 15.5 Å². The third kappa shape index (κ3) is 11.5. The molecule has 210 valence electrons. The fraction of sp³-hybridized carbons (Fsp3) is 0.517. The second kappa shape index (κ2) is 16.4. The van der Waals surface area contributed by atoms with Gasteiger partial charge < -0.3 is 15.5 Å². The van der Waals surface area contributed by atoms with Gasteiger partial charge in [0.1, 0.15) is 0 Å². The van der Waals surface area contributed by atoms with Crippen molar-refractivity contribution in [2.24, 2.45) is 5.92 Å². The van der Waals surface area contributed by atoms with Crippen molar-refractivity contribution >= 4 is 23.6 Å². The van der Waals surface area contributed by atoms with E-state index in [1.807, 2.05) is 29.8 Å². The van der Waals surface area contributed by atoms with Gasteiger partial charge in [-0.3, -0.25) is 9.59 Å². The molecule has 0 radical (unpaired) electrons. The average molecular weight is 552 g/mol. The van der Waals surface area contributed by atoms with E-state index in [4.69, 9.17) is 0 Å². The number of hydrogen-bond acceptors (Lipinski definition) is 4. The predicted molar refractivity (Wildman–Crippen MR) is 149 cm³/mol. The van der Waals surface area contributed by atoms with Gasteiger partial charge in [0.15, 0.2) is 0 Å². The quantitative estimate of drug-likeness (QED) is 0.426. The van der Waals surface area contributed by atoms with Crippen LogP contribution in [-0.4, -0.2) is 61.9 Å². The van der Waals surface area contributed by atoms with E-state index in [0.717, 1.165) is 44.5 Å². The van der Waals surface area contributed by atoms with Gasteiger partial charge in [0, 0.05) is 31.0 Å². The molecule has 2 N–H and O–H groups in total. The molecule has 2 fully saturated rings. The number of amides is 2. The molecule has 1 aliphatic heterocycles. The number of nitrogens with one attached hydrogen (secondary N) is 2. The van der Waals surface area contributed by atoms with Crippen LogP contribution in [-0.2, 0) is 11.0 Å². The molecule has 1 aliphatic carbocycles. The van der Waals surface area contributed by atoms with E-state index in [1.165, 1.54) is 24.3 Å². The Morgan fingerprint density at radius 2 is 1.61 bits per heavy atom. The molecule has 1 saturated heterocycles. The van der Waals surface area contributed by atoms with Gasteiger partial charge in [-0.05, 0) is 80.7 Å². The van der Waals surface area contributed by atoms with Crippen LogP contribution in [0.4, 0.5) is 13.2 Å². The average Bonchev–Trinajstić information content (AvgIpc) is 3.68. The molecule has 38 heavy (non-hydrogen) atoms. The lowest BCUT2D eigenvalue weighted by Crippen LogP contribution is -2.42. The lowest BCUT2D eigenvalue weighted by Gasteiger charge is -2.26. The van der Waals surface area contributed by atoms with E-state index in [1.54, 1.807) is 36.4 Å². The third-order valence-electron chi connectivity index (χ3n) is 6.48. The van der Waals surface area contributed by atoms with Crippen LogP contribution in [0.1, 0.15) is 60.0 Å². The summed E-state index contributed by atoms with van der Waals surface area (Å²) < 4.78 is 36.6. The molecule has 2 aliphatic rings. The molecular weight excluding hydrogens is 511 g/mol. The Morgan fingerprint density at radius 3 is 2.08 bits per heavy atom. The standard InChI is InChI=1S/C14H18N2O2.C11H11F3.C4H11NS/c17-13(16-9-5-2-6-10-16)11-15-14(18)12-7-3-1-4-8-12;1-7-6-10(7)8-2-4-9(5-3-8)11(12,13)14;1-5-3-4-6-2/h1,3-4,7-8H,2,5-6,9-11H2,(H,15,18);2-5,7,10H,6H2,1H3;5H,3-4H2,1-2H3. The lowest BCUT2D eigenvalue weighted by molar-refractivity contribution is -0.137. The van der Waals surface area contributed by atoms with Gasteiger partial charge in [0.25, 0.3) is 5.91 Å². The molecule has 2 aromatic carbocycles. The SMILES string of the molecule is CC1CC1c1ccc(C(F)(F)F)cc1.CNCCSC.O=C(NCC(=O)N1CCCCC1)c1ccccc1. The second-order valence-electron chi connectivity index (χ2n) is 9.53. The number of halogens is 3. The molecule has 2 atom stereocenters. The summed E-state index contributed by atoms with van der Waals surface area (Å²) in [7, 11) is 1.97. The Bertz CT molecular complexity index is 961. The first-order chi connectivity index (χ1) is 18.2. The summed E-state index contributed by atoms with van der Waals surface area (Å²) in [6.45, 7) is 4.97. The fourth-order valence-corrected chi connectivity index (χ4v) is 4.42. The molecule has 0 bridgehead atoms. The summed E-state index contributed by atoms with van der Waals surface area (Å²) in [4.78, 5) is 25.4. The van der Waals surface area contributed by atoms with Crippen molar-refractivity contribution in [2.45, 2.75) is 44.7 Å². The van der Waals surface area contributed by atoms with Crippen LogP contribution in [0.2, 0.25) is 0 Å². The largest absolute Gasteiger partial charge is 0.416 e. The first-order valence-electron chi connectivity index (χ1n) is 13.1. The highest BCUT2D eigenvalue weighted by atomic mass is 32.2. The molecule has 5 nitrogen and oxygen atoms in total. The number of likely N-dealkylation sites (tertiary alicyclic amines) is 1. The van der Waals surface area contributed by atoms with Crippen molar-refractivity contribution in [3.8, 4) is 0 Å². The molecule has 0 spiro atoms. The normalized spacial score (nSPS) is 18.3. The van der Waals surface area contributed by atoms with Gasteiger partial charge in [0.05, 0.1) is 12.1 Å². The van der Waals surface area contributed by atoms with Crippen LogP contribution < -0.4 is 10.6 Å². The topological polar surface area (TPSA) is 61.4 Å². The number of rotatable bonds is 7. The van der Waals surface area contributed by atoms with Crippen molar-refractivity contribution in [2.75, 3.05) is 45.2 Å². The summed E-state index contributed by atoms with van der Waals surface area (Å²) in [5.41, 5.74) is 1.06. The Balaban J connectivity index is 0.000000225. The van der Waals surface area contributed by atoms with Crippen molar-refractivity contribution < 1.29 is 22.8 Å².